The van der Waals surface area contributed by atoms with Crippen molar-refractivity contribution in [1.29, 1.82) is 0 Å². The molecule has 0 radical (unpaired) electrons. The Morgan fingerprint density at radius 1 is 1.44 bits per heavy atom. The number of halogens is 2. The molecule has 2 amide bonds. The number of benzene rings is 1. The first-order chi connectivity index (χ1) is 11.9. The van der Waals surface area contributed by atoms with Gasteiger partial charge in [0.25, 0.3) is 0 Å². The van der Waals surface area contributed by atoms with E-state index >= 15 is 0 Å². The first-order valence-corrected chi connectivity index (χ1v) is 8.76. The molecule has 1 aromatic carbocycles. The maximum absolute atomic E-state index is 14.0. The van der Waals surface area contributed by atoms with Crippen molar-refractivity contribution in [2.24, 2.45) is 4.99 Å². The van der Waals surface area contributed by atoms with Gasteiger partial charge in [-0.15, -0.1) is 0 Å². The van der Waals surface area contributed by atoms with Crippen LogP contribution < -0.4 is 10.1 Å². The second-order valence-corrected chi connectivity index (χ2v) is 6.57. The lowest BCUT2D eigenvalue weighted by atomic mass is 10.2. The number of hydrogen-bond acceptors (Lipinski definition) is 3. The molecule has 5 nitrogen and oxygen atoms in total. The largest absolute Gasteiger partial charge is 0.383 e. The highest BCUT2D eigenvalue weighted by Crippen LogP contribution is 2.25. The van der Waals surface area contributed by atoms with Gasteiger partial charge in [0, 0.05) is 37.5 Å². The molecule has 1 unspecified atom stereocenters. The van der Waals surface area contributed by atoms with Crippen molar-refractivity contribution < 1.29 is 18.3 Å². The molecule has 8 heteroatoms. The average Bonchev–Trinajstić information content (AvgIpc) is 2.94. The molecule has 0 saturated carbocycles. The molecule has 136 valence electrons. The van der Waals surface area contributed by atoms with Crippen LogP contribution in [0.5, 0.6) is 0 Å². The minimum absolute atomic E-state index is 0.0117. The Balaban J connectivity index is 2.41. The van der Waals surface area contributed by atoms with Crippen molar-refractivity contribution in [3.8, 4) is 10.4 Å². The lowest BCUT2D eigenvalue weighted by Crippen LogP contribution is -2.31. The molecule has 0 saturated heterocycles. The molecular weight excluding hydrogens is 348 g/mol. The number of hydrogen-bond donors (Lipinski definition) is 1. The topological polar surface area (TPSA) is 55.6 Å². The van der Waals surface area contributed by atoms with E-state index in [2.05, 4.69) is 10.3 Å². The number of amides is 2. The molecule has 1 N–H and O–H groups in total. The van der Waals surface area contributed by atoms with Crippen molar-refractivity contribution in [3.63, 3.8) is 0 Å². The summed E-state index contributed by atoms with van der Waals surface area (Å²) in [7, 11) is 1.57. The average molecular weight is 369 g/mol. The van der Waals surface area contributed by atoms with E-state index in [4.69, 9.17) is 4.74 Å². The molecule has 0 bridgehead atoms. The van der Waals surface area contributed by atoms with Crippen LogP contribution in [0.1, 0.15) is 20.3 Å². The van der Waals surface area contributed by atoms with Gasteiger partial charge in [-0.1, -0.05) is 18.3 Å². The number of rotatable bonds is 6. The van der Waals surface area contributed by atoms with E-state index in [1.54, 1.807) is 17.9 Å². The summed E-state index contributed by atoms with van der Waals surface area (Å²) in [5, 5.41) is 2.76. The molecule has 0 aliphatic heterocycles. The zero-order chi connectivity index (χ0) is 18.4. The number of urea groups is 1. The van der Waals surface area contributed by atoms with Crippen molar-refractivity contribution in [2.45, 2.75) is 32.9 Å². The predicted molar refractivity (Wildman–Crippen MR) is 93.4 cm³/mol. The van der Waals surface area contributed by atoms with Crippen molar-refractivity contribution >= 4 is 17.4 Å². The maximum atomic E-state index is 14.0. The van der Waals surface area contributed by atoms with Gasteiger partial charge in [-0.05, 0) is 25.5 Å². The van der Waals surface area contributed by atoms with Crippen LogP contribution in [0.4, 0.5) is 13.6 Å². The van der Waals surface area contributed by atoms with E-state index in [-0.39, 0.29) is 11.6 Å². The lowest BCUT2D eigenvalue weighted by Gasteiger charge is -2.07. The van der Waals surface area contributed by atoms with Gasteiger partial charge in [0.2, 0.25) is 0 Å². The third-order valence-corrected chi connectivity index (χ3v) is 4.69. The standard InChI is InChI=1S/C17H21F2N3O2S/c1-4-11(2)20-16(23)21-17-22(7-8-24-3)10-15(25-17)13-6-5-12(18)9-14(13)19/h5-6,9-11H,4,7-8H2,1-3H3,(H,20,23)/b21-17-. The third-order valence-electron chi connectivity index (χ3n) is 3.63. The van der Waals surface area contributed by atoms with Crippen LogP contribution in [0.2, 0.25) is 0 Å². The first-order valence-electron chi connectivity index (χ1n) is 7.94. The summed E-state index contributed by atoms with van der Waals surface area (Å²) in [6.07, 6.45) is 2.48. The van der Waals surface area contributed by atoms with Gasteiger partial charge in [0.05, 0.1) is 11.5 Å². The highest BCUT2D eigenvalue weighted by molar-refractivity contribution is 7.12. The van der Waals surface area contributed by atoms with Gasteiger partial charge in [0.1, 0.15) is 11.6 Å². The number of methoxy groups -OCH3 is 1. The first kappa shape index (κ1) is 19.3. The van der Waals surface area contributed by atoms with Gasteiger partial charge < -0.3 is 14.6 Å². The van der Waals surface area contributed by atoms with Crippen molar-refractivity contribution in [2.75, 3.05) is 13.7 Å². The second kappa shape index (κ2) is 8.87. The van der Waals surface area contributed by atoms with Crippen LogP contribution in [-0.4, -0.2) is 30.4 Å². The van der Waals surface area contributed by atoms with Gasteiger partial charge in [-0.2, -0.15) is 4.99 Å². The minimum Gasteiger partial charge on any atom is -0.383 e. The number of nitrogens with one attached hydrogen (secondary N) is 1. The number of ether oxygens (including phenoxy) is 1. The SMILES string of the molecule is CCC(C)NC(=O)/N=c1\sc(-c2ccc(F)cc2F)cn1CCOC. The second-order valence-electron chi connectivity index (χ2n) is 5.56. The quantitative estimate of drug-likeness (QED) is 0.847. The number of thiazole rings is 1. The number of aromatic nitrogens is 1. The van der Waals surface area contributed by atoms with E-state index in [1.807, 2.05) is 13.8 Å². The molecule has 1 heterocycles. The zero-order valence-corrected chi connectivity index (χ0v) is 15.2. The molecule has 0 aliphatic rings. The summed E-state index contributed by atoms with van der Waals surface area (Å²) in [6.45, 7) is 4.73. The molecule has 0 spiro atoms. The number of carbonyl (C=O) groups is 1. The van der Waals surface area contributed by atoms with Crippen molar-refractivity contribution in [1.82, 2.24) is 9.88 Å². The predicted octanol–water partition coefficient (Wildman–Crippen LogP) is 3.55. The summed E-state index contributed by atoms with van der Waals surface area (Å²) in [5.74, 6) is -1.29. The molecular formula is C17H21F2N3O2S. The van der Waals surface area contributed by atoms with Crippen LogP contribution in [0.15, 0.2) is 29.4 Å². The van der Waals surface area contributed by atoms with E-state index in [1.165, 1.54) is 12.1 Å². The fraction of sp³-hybridized carbons (Fsp3) is 0.412. The fourth-order valence-electron chi connectivity index (χ4n) is 2.06. The Hall–Kier alpha value is -2.06. The normalized spacial score (nSPS) is 13.1. The Bertz CT molecular complexity index is 801. The van der Waals surface area contributed by atoms with Crippen LogP contribution in [0.25, 0.3) is 10.4 Å². The van der Waals surface area contributed by atoms with Gasteiger partial charge in [0.15, 0.2) is 4.80 Å². The third kappa shape index (κ3) is 5.20. The molecule has 0 fully saturated rings. The maximum Gasteiger partial charge on any atom is 0.343 e. The van der Waals surface area contributed by atoms with Crippen LogP contribution in [0.3, 0.4) is 0 Å². The van der Waals surface area contributed by atoms with Gasteiger partial charge in [-0.3, -0.25) is 0 Å². The summed E-state index contributed by atoms with van der Waals surface area (Å²) < 4.78 is 33.9. The van der Waals surface area contributed by atoms with Gasteiger partial charge in [-0.25, -0.2) is 13.6 Å². The smallest absolute Gasteiger partial charge is 0.343 e. The van der Waals surface area contributed by atoms with Crippen LogP contribution in [-0.2, 0) is 11.3 Å². The van der Waals surface area contributed by atoms with Crippen molar-refractivity contribution in [3.05, 3.63) is 40.8 Å². The Kier molecular flexibility index (Phi) is 6.83. The summed E-state index contributed by atoms with van der Waals surface area (Å²) in [4.78, 5) is 17.1. The van der Waals surface area contributed by atoms with Crippen LogP contribution >= 0.6 is 11.3 Å². The zero-order valence-electron chi connectivity index (χ0n) is 14.4. The fourth-order valence-corrected chi connectivity index (χ4v) is 3.10. The molecule has 2 aromatic rings. The molecule has 1 aromatic heterocycles. The Morgan fingerprint density at radius 2 is 2.20 bits per heavy atom. The molecule has 1 atom stereocenters. The number of nitrogens with zero attached hydrogens (tertiary/aromatic N) is 2. The van der Waals surface area contributed by atoms with Crippen LogP contribution in [0, 0.1) is 11.6 Å². The summed E-state index contributed by atoms with van der Waals surface area (Å²) in [5.41, 5.74) is 0.265. The summed E-state index contributed by atoms with van der Waals surface area (Å²) in [6, 6.07) is 2.97. The van der Waals surface area contributed by atoms with Gasteiger partial charge >= 0.3 is 6.03 Å². The lowest BCUT2D eigenvalue weighted by molar-refractivity contribution is 0.186. The van der Waals surface area contributed by atoms with E-state index in [9.17, 15) is 13.6 Å². The van der Waals surface area contributed by atoms with E-state index in [0.717, 1.165) is 23.8 Å². The monoisotopic (exact) mass is 369 g/mol. The Labute approximate surface area is 149 Å². The summed E-state index contributed by atoms with van der Waals surface area (Å²) >= 11 is 1.16. The number of carbonyl (C=O) groups excluding carboxylic acids is 1. The Morgan fingerprint density at radius 3 is 2.84 bits per heavy atom. The minimum atomic E-state index is -0.657. The molecule has 2 rings (SSSR count). The van der Waals surface area contributed by atoms with E-state index in [0.29, 0.717) is 22.8 Å². The molecule has 0 aliphatic carbocycles. The highest BCUT2D eigenvalue weighted by atomic mass is 32.1. The van der Waals surface area contributed by atoms with E-state index < -0.39 is 17.7 Å². The highest BCUT2D eigenvalue weighted by Gasteiger charge is 2.12. The molecule has 25 heavy (non-hydrogen) atoms.